The van der Waals surface area contributed by atoms with E-state index in [1.165, 1.54) is 0 Å². The number of halogens is 1. The van der Waals surface area contributed by atoms with Gasteiger partial charge in [-0.15, -0.1) is 0 Å². The Hall–Kier alpha value is -1.66. The molecule has 0 spiro atoms. The van der Waals surface area contributed by atoms with E-state index in [0.717, 1.165) is 22.9 Å². The first-order chi connectivity index (χ1) is 11.3. The minimum atomic E-state index is -1.23. The van der Waals surface area contributed by atoms with Gasteiger partial charge in [-0.05, 0) is 0 Å². The van der Waals surface area contributed by atoms with Crippen molar-refractivity contribution >= 4 is 46.8 Å². The number of hydrogen-bond donors (Lipinski definition) is 0. The van der Waals surface area contributed by atoms with E-state index in [4.69, 9.17) is 18.4 Å². The third kappa shape index (κ3) is 4.91. The molecule has 0 atom stereocenters. The number of anilines is 1. The molecule has 118 valence electrons. The Balaban J connectivity index is 2.13. The molecule has 0 saturated carbocycles. The summed E-state index contributed by atoms with van der Waals surface area (Å²) in [6.07, 6.45) is 5.52. The fourth-order valence-corrected chi connectivity index (χ4v) is 4.15. The Bertz CT molecular complexity index is 692. The number of benzene rings is 2. The van der Waals surface area contributed by atoms with Gasteiger partial charge in [-0.3, -0.25) is 0 Å². The minimum absolute atomic E-state index is 0.743. The average Bonchev–Trinajstić information content (AvgIpc) is 2.62. The predicted octanol–water partition coefficient (Wildman–Crippen LogP) is 4.20. The number of para-hydroxylation sites is 4. The van der Waals surface area contributed by atoms with Crippen LogP contribution in [0.15, 0.2) is 65.8 Å². The third-order valence-electron chi connectivity index (χ3n) is 3.06. The van der Waals surface area contributed by atoms with Gasteiger partial charge in [-0.25, -0.2) is 0 Å². The van der Waals surface area contributed by atoms with E-state index in [9.17, 15) is 0 Å². The van der Waals surface area contributed by atoms with Crippen molar-refractivity contribution in [2.45, 2.75) is 0 Å². The number of nitrogens with zero attached hydrogens (tertiary/aromatic N) is 2. The summed E-state index contributed by atoms with van der Waals surface area (Å²) in [5, 5.41) is 0. The maximum absolute atomic E-state index is 6.20. The fraction of sp³-hybridized carbons (Fsp3) is 0.118. The summed E-state index contributed by atoms with van der Waals surface area (Å²) in [6.45, 7) is 0. The first kappa shape index (κ1) is 17.7. The van der Waals surface area contributed by atoms with Crippen molar-refractivity contribution < 1.29 is 9.47 Å². The van der Waals surface area contributed by atoms with Crippen LogP contribution in [-0.2, 0) is 0 Å². The van der Waals surface area contributed by atoms with Crippen molar-refractivity contribution in [3.63, 3.8) is 0 Å². The topological polar surface area (TPSA) is 34.1 Å². The van der Waals surface area contributed by atoms with Gasteiger partial charge < -0.3 is 0 Å². The Morgan fingerprint density at radius 1 is 1.00 bits per heavy atom. The average molecular weight is 435 g/mol. The molecule has 0 bridgehead atoms. The quantitative estimate of drug-likeness (QED) is 0.483. The number of methoxy groups -OCH3 is 2. The summed E-state index contributed by atoms with van der Waals surface area (Å²) in [4.78, 5) is 4.40. The molecule has 0 aliphatic rings. The molecular weight excluding hydrogens is 418 g/mol. The van der Waals surface area contributed by atoms with E-state index in [-0.39, 0.29) is 0 Å². The third-order valence-corrected chi connectivity index (χ3v) is 5.91. The second-order valence-electron chi connectivity index (χ2n) is 4.42. The number of allylic oxidation sites excluding steroid dienone is 1. The molecule has 23 heavy (non-hydrogen) atoms. The van der Waals surface area contributed by atoms with Crippen LogP contribution in [0.2, 0.25) is 0 Å². The van der Waals surface area contributed by atoms with Crippen LogP contribution >= 0.6 is 8.92 Å². The zero-order chi connectivity index (χ0) is 16.5. The van der Waals surface area contributed by atoms with Gasteiger partial charge in [-0.2, -0.15) is 0 Å². The van der Waals surface area contributed by atoms with Gasteiger partial charge in [0.2, 0.25) is 0 Å². The summed E-state index contributed by atoms with van der Waals surface area (Å²) in [6, 6.07) is 15.4. The van der Waals surface area contributed by atoms with Crippen molar-refractivity contribution in [1.29, 1.82) is 0 Å². The van der Waals surface area contributed by atoms with Crippen LogP contribution in [0.3, 0.4) is 0 Å². The molecule has 0 aromatic heterocycles. The van der Waals surface area contributed by atoms with Gasteiger partial charge in [-0.1, -0.05) is 0 Å². The van der Waals surface area contributed by atoms with Crippen LogP contribution in [0.1, 0.15) is 0 Å². The van der Waals surface area contributed by atoms with Crippen LogP contribution in [0.4, 0.5) is 11.4 Å². The molecule has 0 N–H and O–H groups in total. The summed E-state index contributed by atoms with van der Waals surface area (Å²) in [5.74, 6) is 1.55. The molecule has 0 aliphatic carbocycles. The zero-order valence-corrected chi connectivity index (χ0v) is 16.5. The summed E-state index contributed by atoms with van der Waals surface area (Å²) in [5.41, 5.74) is 1.76. The van der Waals surface area contributed by atoms with E-state index in [1.54, 1.807) is 20.4 Å². The number of rotatable bonds is 7. The molecule has 6 heteroatoms. The van der Waals surface area contributed by atoms with Crippen molar-refractivity contribution in [2.75, 3.05) is 17.3 Å². The van der Waals surface area contributed by atoms with Gasteiger partial charge in [0.1, 0.15) is 0 Å². The normalized spacial score (nSPS) is 11.1. The van der Waals surface area contributed by atoms with Crippen LogP contribution in [0.5, 0.6) is 11.5 Å². The summed E-state index contributed by atoms with van der Waals surface area (Å²) >= 11 is -1.23. The maximum atomic E-state index is 6.20. The van der Waals surface area contributed by atoms with Crippen molar-refractivity contribution in [3.05, 3.63) is 60.8 Å². The molecule has 0 heterocycles. The van der Waals surface area contributed by atoms with E-state index in [1.807, 2.05) is 63.9 Å². The first-order valence-electron chi connectivity index (χ1n) is 6.92. The molecule has 0 amide bonds. The van der Waals surface area contributed by atoms with E-state index in [2.05, 4.69) is 4.99 Å². The second kappa shape index (κ2) is 9.47. The Kier molecular flexibility index (Phi) is 7.28. The Labute approximate surface area is 150 Å². The Morgan fingerprint density at radius 2 is 1.65 bits per heavy atom. The van der Waals surface area contributed by atoms with Crippen LogP contribution in [0, 0.1) is 0 Å². The molecule has 4 nitrogen and oxygen atoms in total. The van der Waals surface area contributed by atoms with Crippen LogP contribution in [0.25, 0.3) is 0 Å². The van der Waals surface area contributed by atoms with Crippen LogP contribution < -0.4 is 12.6 Å². The van der Waals surface area contributed by atoms with E-state index in [0.29, 0.717) is 0 Å². The van der Waals surface area contributed by atoms with Gasteiger partial charge in [0.25, 0.3) is 0 Å². The van der Waals surface area contributed by atoms with Crippen molar-refractivity contribution in [2.24, 2.45) is 4.99 Å². The van der Waals surface area contributed by atoms with Gasteiger partial charge in [0, 0.05) is 0 Å². The number of hydrogen-bond acceptors (Lipinski definition) is 4. The molecule has 2 aromatic carbocycles. The molecule has 0 fully saturated rings. The van der Waals surface area contributed by atoms with Gasteiger partial charge >= 0.3 is 151 Å². The molecule has 0 unspecified atom stereocenters. The molecule has 2 radical (unpaired) electrons. The molecule has 2 rings (SSSR count). The van der Waals surface area contributed by atoms with Crippen molar-refractivity contribution in [3.8, 4) is 11.5 Å². The molecule has 2 aromatic rings. The van der Waals surface area contributed by atoms with Crippen LogP contribution in [-0.4, -0.2) is 40.7 Å². The van der Waals surface area contributed by atoms with Crippen molar-refractivity contribution in [1.82, 2.24) is 0 Å². The van der Waals surface area contributed by atoms with E-state index < -0.39 is 20.3 Å². The standard InChI is InChI=1S/C17H17N2O2.ClH.Sn/c1-20-16-10-5-3-8-14(16)18-12-7-13-19-15-9-4-6-11-17(15)21-2;;/h3-13H,1-2H3;1H;/q-1;;+2/p-1/b12-7-,19-13?;;. The first-order valence-corrected chi connectivity index (χ1v) is 11.8. The number of aliphatic imine (C=N–C) groups is 1. The predicted molar refractivity (Wildman–Crippen MR) is 97.4 cm³/mol. The second-order valence-corrected chi connectivity index (χ2v) is 7.41. The number of ether oxygens (including phenoxy) is 2. The van der Waals surface area contributed by atoms with Gasteiger partial charge in [0.05, 0.1) is 0 Å². The zero-order valence-electron chi connectivity index (χ0n) is 12.9. The molecule has 0 saturated heterocycles. The Morgan fingerprint density at radius 3 is 2.35 bits per heavy atom. The molecule has 0 aliphatic heterocycles. The fourth-order valence-electron chi connectivity index (χ4n) is 1.97. The summed E-state index contributed by atoms with van der Waals surface area (Å²) < 4.78 is 12.7. The SMILES string of the molecule is COc1ccccc1N=C/C=C\[N]([Sn][Cl])c1ccccc1OC. The van der Waals surface area contributed by atoms with E-state index >= 15 is 0 Å². The van der Waals surface area contributed by atoms with Gasteiger partial charge in [0.15, 0.2) is 0 Å². The molecular formula is C17H17ClN2O2Sn. The monoisotopic (exact) mass is 436 g/mol. The summed E-state index contributed by atoms with van der Waals surface area (Å²) in [7, 11) is 9.49.